The van der Waals surface area contributed by atoms with Gasteiger partial charge in [-0.1, -0.05) is 55.0 Å². The molecule has 3 rings (SSSR count). The summed E-state index contributed by atoms with van der Waals surface area (Å²) in [5.74, 6) is 0.0300. The Morgan fingerprint density at radius 2 is 1.59 bits per heavy atom. The topological polar surface area (TPSA) is 69.7 Å². The Morgan fingerprint density at radius 1 is 1.03 bits per heavy atom. The van der Waals surface area contributed by atoms with Crippen molar-refractivity contribution in [3.8, 4) is 0 Å². The Hall–Kier alpha value is -0.860. The van der Waals surface area contributed by atoms with Gasteiger partial charge in [0.25, 0.3) is 0 Å². The van der Waals surface area contributed by atoms with Crippen LogP contribution in [0.5, 0.6) is 0 Å². The smallest absolute Gasteiger partial charge is 0.246 e. The number of carbonyl (C=O) groups excluding carboxylic acids is 1. The minimum absolute atomic E-state index is 0.0300. The van der Waals surface area contributed by atoms with Crippen molar-refractivity contribution in [1.29, 1.82) is 0 Å². The number of piperazine rings is 1. The largest absolute Gasteiger partial charge is 0.352 e. The molecule has 1 atom stereocenters. The summed E-state index contributed by atoms with van der Waals surface area (Å²) in [6.07, 6.45) is 6.91. The second kappa shape index (κ2) is 9.96. The zero-order valence-corrected chi connectivity index (χ0v) is 19.1. The third kappa shape index (κ3) is 5.44. The third-order valence-corrected chi connectivity index (χ3v) is 8.77. The van der Waals surface area contributed by atoms with Crippen LogP contribution in [0.3, 0.4) is 0 Å². The average Bonchev–Trinajstić information content (AvgIpc) is 2.96. The molecule has 162 valence electrons. The summed E-state index contributed by atoms with van der Waals surface area (Å²) in [7, 11) is -3.78. The summed E-state index contributed by atoms with van der Waals surface area (Å²) in [6.45, 7) is 3.46. The van der Waals surface area contributed by atoms with Gasteiger partial charge in [-0.3, -0.25) is 9.69 Å². The summed E-state index contributed by atoms with van der Waals surface area (Å²) in [5.41, 5.74) is 0. The lowest BCUT2D eigenvalue weighted by atomic mass is 10.1. The number of amides is 1. The highest BCUT2D eigenvalue weighted by Crippen LogP contribution is 2.32. The Bertz CT molecular complexity index is 798. The van der Waals surface area contributed by atoms with Gasteiger partial charge in [-0.2, -0.15) is 4.31 Å². The number of sulfonamides is 1. The summed E-state index contributed by atoms with van der Waals surface area (Å²) >= 11 is 12.2. The van der Waals surface area contributed by atoms with E-state index in [0.29, 0.717) is 26.2 Å². The zero-order chi connectivity index (χ0) is 21.0. The fourth-order valence-corrected chi connectivity index (χ4v) is 6.61. The number of benzene rings is 1. The molecule has 2 aliphatic rings. The van der Waals surface area contributed by atoms with Gasteiger partial charge in [-0.05, 0) is 31.9 Å². The third-order valence-electron chi connectivity index (χ3n) is 5.92. The van der Waals surface area contributed by atoms with Crippen LogP contribution >= 0.6 is 23.2 Å². The molecular weight excluding hydrogens is 433 g/mol. The number of hydrogen-bond donors (Lipinski definition) is 1. The van der Waals surface area contributed by atoms with Crippen LogP contribution in [-0.2, 0) is 14.8 Å². The first-order valence-corrected chi connectivity index (χ1v) is 12.5. The van der Waals surface area contributed by atoms with Crippen LogP contribution in [0.1, 0.15) is 45.4 Å². The predicted molar refractivity (Wildman–Crippen MR) is 116 cm³/mol. The van der Waals surface area contributed by atoms with Crippen LogP contribution in [0.4, 0.5) is 0 Å². The molecule has 1 aromatic carbocycles. The number of hydrogen-bond acceptors (Lipinski definition) is 4. The van der Waals surface area contributed by atoms with Gasteiger partial charge >= 0.3 is 0 Å². The zero-order valence-electron chi connectivity index (χ0n) is 16.7. The van der Waals surface area contributed by atoms with Gasteiger partial charge in [0.2, 0.25) is 15.9 Å². The van der Waals surface area contributed by atoms with Crippen molar-refractivity contribution in [2.24, 2.45) is 0 Å². The van der Waals surface area contributed by atoms with E-state index in [1.165, 1.54) is 42.1 Å². The summed E-state index contributed by atoms with van der Waals surface area (Å²) in [6, 6.07) is 4.65. The molecule has 9 heteroatoms. The van der Waals surface area contributed by atoms with E-state index < -0.39 is 10.0 Å². The molecule has 0 spiro atoms. The maximum atomic E-state index is 13.0. The Balaban J connectivity index is 1.58. The molecule has 1 N–H and O–H groups in total. The average molecular weight is 462 g/mol. The van der Waals surface area contributed by atoms with Crippen LogP contribution in [0.2, 0.25) is 10.0 Å². The number of halogens is 2. The quantitative estimate of drug-likeness (QED) is 0.680. The molecule has 0 radical (unpaired) electrons. The molecule has 1 heterocycles. The van der Waals surface area contributed by atoms with Crippen LogP contribution in [0.15, 0.2) is 23.1 Å². The number of nitrogens with zero attached hydrogens (tertiary/aromatic N) is 2. The second-order valence-corrected chi connectivity index (χ2v) is 10.6. The fraction of sp³-hybridized carbons (Fsp3) is 0.650. The highest BCUT2D eigenvalue weighted by Gasteiger charge is 2.34. The Morgan fingerprint density at radius 3 is 2.14 bits per heavy atom. The molecule has 1 aromatic rings. The van der Waals surface area contributed by atoms with Crippen LogP contribution in [0.25, 0.3) is 0 Å². The van der Waals surface area contributed by atoms with Crippen LogP contribution in [0, 0.1) is 0 Å². The van der Waals surface area contributed by atoms with Crippen molar-refractivity contribution in [1.82, 2.24) is 14.5 Å². The Labute approximate surface area is 183 Å². The van der Waals surface area contributed by atoms with Crippen LogP contribution in [-0.4, -0.2) is 61.8 Å². The first-order chi connectivity index (χ1) is 13.8. The van der Waals surface area contributed by atoms with E-state index >= 15 is 0 Å². The lowest BCUT2D eigenvalue weighted by Gasteiger charge is -2.37. The molecule has 0 bridgehead atoms. The molecule has 0 aromatic heterocycles. The second-order valence-electron chi connectivity index (χ2n) is 7.86. The SMILES string of the molecule is CC(C(=O)NC1CCCCCC1)N1CCN(S(=O)(=O)c2c(Cl)cccc2Cl)CC1. The van der Waals surface area contributed by atoms with E-state index in [9.17, 15) is 13.2 Å². The first-order valence-electron chi connectivity index (χ1n) is 10.3. The molecule has 1 unspecified atom stereocenters. The maximum absolute atomic E-state index is 13.0. The van der Waals surface area contributed by atoms with Crippen molar-refractivity contribution < 1.29 is 13.2 Å². The molecule has 1 saturated carbocycles. The standard InChI is InChI=1S/C20H29Cl2N3O3S/c1-15(20(26)23-16-7-4-2-3-5-8-16)24-11-13-25(14-12-24)29(27,28)19-17(21)9-6-10-18(19)22/h6,9-10,15-16H,2-5,7-8,11-14H2,1H3,(H,23,26). The maximum Gasteiger partial charge on any atom is 0.246 e. The molecule has 1 saturated heterocycles. The normalized spacial score (nSPS) is 21.5. The Kier molecular flexibility index (Phi) is 7.84. The van der Waals surface area contributed by atoms with Crippen molar-refractivity contribution in [3.05, 3.63) is 28.2 Å². The highest BCUT2D eigenvalue weighted by atomic mass is 35.5. The minimum atomic E-state index is -3.78. The summed E-state index contributed by atoms with van der Waals surface area (Å²) in [5, 5.41) is 3.43. The number of rotatable bonds is 5. The molecule has 1 amide bonds. The fourth-order valence-electron chi connectivity index (χ4n) is 4.10. The van der Waals surface area contributed by atoms with E-state index in [1.807, 2.05) is 11.8 Å². The van der Waals surface area contributed by atoms with E-state index in [1.54, 1.807) is 6.07 Å². The molecule has 6 nitrogen and oxygen atoms in total. The number of nitrogens with one attached hydrogen (secondary N) is 1. The summed E-state index contributed by atoms with van der Waals surface area (Å²) in [4.78, 5) is 14.7. The lowest BCUT2D eigenvalue weighted by molar-refractivity contribution is -0.127. The van der Waals surface area contributed by atoms with E-state index in [2.05, 4.69) is 5.32 Å². The molecular formula is C20H29Cl2N3O3S. The molecule has 2 fully saturated rings. The van der Waals surface area contributed by atoms with Gasteiger partial charge in [-0.25, -0.2) is 8.42 Å². The van der Waals surface area contributed by atoms with E-state index in [-0.39, 0.29) is 32.9 Å². The molecule has 29 heavy (non-hydrogen) atoms. The van der Waals surface area contributed by atoms with Gasteiger partial charge in [0, 0.05) is 32.2 Å². The highest BCUT2D eigenvalue weighted by molar-refractivity contribution is 7.89. The van der Waals surface area contributed by atoms with Gasteiger partial charge in [-0.15, -0.1) is 0 Å². The van der Waals surface area contributed by atoms with Crippen LogP contribution < -0.4 is 5.32 Å². The van der Waals surface area contributed by atoms with E-state index in [0.717, 1.165) is 12.8 Å². The predicted octanol–water partition coefficient (Wildman–Crippen LogP) is 3.53. The van der Waals surface area contributed by atoms with Gasteiger partial charge < -0.3 is 5.32 Å². The van der Waals surface area contributed by atoms with Crippen molar-refractivity contribution >= 4 is 39.1 Å². The molecule has 1 aliphatic heterocycles. The van der Waals surface area contributed by atoms with Gasteiger partial charge in [0.05, 0.1) is 16.1 Å². The summed E-state index contributed by atoms with van der Waals surface area (Å²) < 4.78 is 27.4. The van der Waals surface area contributed by atoms with Crippen molar-refractivity contribution in [3.63, 3.8) is 0 Å². The van der Waals surface area contributed by atoms with Gasteiger partial charge in [0.15, 0.2) is 0 Å². The van der Waals surface area contributed by atoms with Gasteiger partial charge in [0.1, 0.15) is 4.90 Å². The first kappa shape index (κ1) is 22.8. The monoisotopic (exact) mass is 461 g/mol. The molecule has 1 aliphatic carbocycles. The minimum Gasteiger partial charge on any atom is -0.352 e. The number of carbonyl (C=O) groups is 1. The van der Waals surface area contributed by atoms with E-state index in [4.69, 9.17) is 23.2 Å². The van der Waals surface area contributed by atoms with Crippen molar-refractivity contribution in [2.45, 2.75) is 62.4 Å². The van der Waals surface area contributed by atoms with Crippen molar-refractivity contribution in [2.75, 3.05) is 26.2 Å². The lowest BCUT2D eigenvalue weighted by Crippen LogP contribution is -2.55.